The fourth-order valence-electron chi connectivity index (χ4n) is 6.86. The molecule has 0 saturated heterocycles. The van der Waals surface area contributed by atoms with Crippen LogP contribution in [0.4, 0.5) is 0 Å². The average Bonchev–Trinajstić information content (AvgIpc) is 3.27. The highest BCUT2D eigenvalue weighted by atomic mass is 31.2. The lowest BCUT2D eigenvalue weighted by molar-refractivity contribution is -0.147. The molecule has 10 heteroatoms. The van der Waals surface area contributed by atoms with Crippen molar-refractivity contribution in [2.24, 2.45) is 0 Å². The summed E-state index contributed by atoms with van der Waals surface area (Å²) in [4.78, 5) is 34.1. The lowest BCUT2D eigenvalue weighted by Gasteiger charge is -2.15. The van der Waals surface area contributed by atoms with Gasteiger partial charge in [-0.3, -0.25) is 18.6 Å². The van der Waals surface area contributed by atoms with Gasteiger partial charge in [0, 0.05) is 19.4 Å². The van der Waals surface area contributed by atoms with Crippen LogP contribution < -0.4 is 5.32 Å². The predicted octanol–water partition coefficient (Wildman–Crippen LogP) is 15.0. The first kappa shape index (κ1) is 60.5. The molecule has 2 unspecified atom stereocenters. The van der Waals surface area contributed by atoms with Crippen LogP contribution in [0.2, 0.25) is 0 Å². The van der Waals surface area contributed by atoms with Gasteiger partial charge in [0.25, 0.3) is 0 Å². The van der Waals surface area contributed by atoms with Gasteiger partial charge in [-0.15, -0.1) is 0 Å². The summed E-state index contributed by atoms with van der Waals surface area (Å²) in [7, 11) is -4.44. The number of amides is 1. The monoisotopic (exact) mass is 904 g/mol. The molecule has 0 heterocycles. The fraction of sp³-hybridized carbons (Fsp3) is 0.736. The Morgan fingerprint density at radius 3 is 1.35 bits per heavy atom. The van der Waals surface area contributed by atoms with Crippen molar-refractivity contribution >= 4 is 19.7 Å². The zero-order valence-corrected chi connectivity index (χ0v) is 41.1. The molecule has 0 aliphatic rings. The van der Waals surface area contributed by atoms with Crippen LogP contribution in [0.1, 0.15) is 219 Å². The molecule has 0 fully saturated rings. The molecule has 0 rings (SSSR count). The number of nitrogens with one attached hydrogen (secondary N) is 1. The van der Waals surface area contributed by atoms with Crippen molar-refractivity contribution < 1.29 is 37.9 Å². The normalized spacial score (nSPS) is 13.8. The number of carbonyl (C=O) groups is 2. The molecule has 0 aliphatic carbocycles. The van der Waals surface area contributed by atoms with Crippen LogP contribution in [0, 0.1) is 0 Å². The number of phosphoric ester groups is 1. The van der Waals surface area contributed by atoms with Crippen LogP contribution in [0.25, 0.3) is 0 Å². The summed E-state index contributed by atoms with van der Waals surface area (Å²) in [6.07, 6.45) is 61.3. The van der Waals surface area contributed by atoms with Gasteiger partial charge in [0.05, 0.1) is 13.2 Å². The number of rotatable bonds is 47. The quantitative estimate of drug-likeness (QED) is 0.0238. The summed E-state index contributed by atoms with van der Waals surface area (Å²) < 4.78 is 26.9. The number of ether oxygens (including phenoxy) is 1. The van der Waals surface area contributed by atoms with Gasteiger partial charge in [-0.05, 0) is 64.2 Å². The molecule has 3 N–H and O–H groups in total. The second kappa shape index (κ2) is 48.9. The van der Waals surface area contributed by atoms with E-state index in [9.17, 15) is 24.2 Å². The molecule has 0 spiro atoms. The Morgan fingerprint density at radius 1 is 0.508 bits per heavy atom. The molecular formula is C53H94NO8P. The Hall–Kier alpha value is -2.55. The van der Waals surface area contributed by atoms with Crippen molar-refractivity contribution in [2.75, 3.05) is 26.4 Å². The van der Waals surface area contributed by atoms with Crippen LogP contribution in [0.15, 0.2) is 72.9 Å². The van der Waals surface area contributed by atoms with Gasteiger partial charge in [-0.1, -0.05) is 215 Å². The molecule has 0 aliphatic heterocycles. The molecule has 63 heavy (non-hydrogen) atoms. The number of unbranched alkanes of at least 4 members (excludes halogenated alkanes) is 22. The van der Waals surface area contributed by atoms with E-state index in [1.165, 1.54) is 116 Å². The number of phosphoric acid groups is 1. The van der Waals surface area contributed by atoms with Gasteiger partial charge in [0.2, 0.25) is 5.91 Å². The smallest absolute Gasteiger partial charge is 0.463 e. The molecule has 1 amide bonds. The molecule has 0 bridgehead atoms. The molecule has 0 aromatic rings. The number of allylic oxidation sites excluding steroid dienone is 12. The second-order valence-electron chi connectivity index (χ2n) is 16.8. The summed E-state index contributed by atoms with van der Waals surface area (Å²) in [5.74, 6) is -0.558. The van der Waals surface area contributed by atoms with Crippen molar-refractivity contribution in [3.63, 3.8) is 0 Å². The SMILES string of the molecule is CC/C=C\C/C=C\C/C=C\C/C=C\C/C=C\C/C=C\CCCCC(=O)OCC(O)COP(=O)(O)OCCNC(=O)CCCCCCCCCCCCCCCCCCCCCCC. The highest BCUT2D eigenvalue weighted by Crippen LogP contribution is 2.42. The Bertz CT molecular complexity index is 1260. The molecule has 364 valence electrons. The fourth-order valence-corrected chi connectivity index (χ4v) is 7.61. The van der Waals surface area contributed by atoms with Crippen LogP contribution in [-0.4, -0.2) is 54.3 Å². The maximum absolute atomic E-state index is 12.1. The van der Waals surface area contributed by atoms with E-state index in [1.807, 2.05) is 0 Å². The van der Waals surface area contributed by atoms with E-state index >= 15 is 0 Å². The van der Waals surface area contributed by atoms with Crippen LogP contribution in [0.3, 0.4) is 0 Å². The topological polar surface area (TPSA) is 131 Å². The maximum Gasteiger partial charge on any atom is 0.472 e. The number of aliphatic hydroxyl groups excluding tert-OH is 1. The predicted molar refractivity (Wildman–Crippen MR) is 266 cm³/mol. The van der Waals surface area contributed by atoms with E-state index in [2.05, 4.69) is 92.1 Å². The van der Waals surface area contributed by atoms with E-state index < -0.39 is 26.5 Å². The third-order valence-corrected chi connectivity index (χ3v) is 11.6. The Kier molecular flexibility index (Phi) is 46.9. The number of hydrogen-bond donors (Lipinski definition) is 3. The van der Waals surface area contributed by atoms with E-state index in [4.69, 9.17) is 13.8 Å². The molecule has 0 radical (unpaired) electrons. The number of hydrogen-bond acceptors (Lipinski definition) is 7. The third-order valence-electron chi connectivity index (χ3n) is 10.7. The number of carbonyl (C=O) groups excluding carboxylic acids is 2. The summed E-state index contributed by atoms with van der Waals surface area (Å²) in [5, 5.41) is 12.7. The number of esters is 1. The van der Waals surface area contributed by atoms with E-state index in [0.717, 1.165) is 70.6 Å². The van der Waals surface area contributed by atoms with Crippen molar-refractivity contribution in [2.45, 2.75) is 225 Å². The lowest BCUT2D eigenvalue weighted by Crippen LogP contribution is -2.27. The first-order valence-electron chi connectivity index (χ1n) is 25.4. The minimum atomic E-state index is -4.44. The molecule has 9 nitrogen and oxygen atoms in total. The highest BCUT2D eigenvalue weighted by molar-refractivity contribution is 7.47. The van der Waals surface area contributed by atoms with Gasteiger partial charge in [-0.2, -0.15) is 0 Å². The first-order chi connectivity index (χ1) is 30.8. The highest BCUT2D eigenvalue weighted by Gasteiger charge is 2.23. The second-order valence-corrected chi connectivity index (χ2v) is 18.2. The Labute approximate surface area is 386 Å². The van der Waals surface area contributed by atoms with Crippen molar-refractivity contribution in [3.8, 4) is 0 Å². The zero-order valence-electron chi connectivity index (χ0n) is 40.3. The van der Waals surface area contributed by atoms with Gasteiger partial charge in [0.15, 0.2) is 0 Å². The van der Waals surface area contributed by atoms with Gasteiger partial charge in [-0.25, -0.2) is 4.57 Å². The standard InChI is InChI=1S/C53H94NO8P/c1-3-5-7-9-11-13-15-17-19-21-23-25-27-29-31-33-35-37-39-41-43-45-52(56)54-47-48-61-63(58,59)62-50-51(55)49-60-53(57)46-44-42-40-38-36-34-32-30-28-26-24-22-20-18-16-14-12-10-8-6-4-2/h6,8,12,14,18,20,24,26,30,32,36,38,51,55H,3-5,7,9-11,13,15-17,19,21-23,25,27-29,31,33-35,37,39-50H2,1-2H3,(H,54,56)(H,58,59)/b8-6-,14-12-,20-18-,26-24-,32-30-,38-36-. The maximum atomic E-state index is 12.1. The number of aliphatic hydroxyl groups is 1. The van der Waals surface area contributed by atoms with E-state index in [1.54, 1.807) is 0 Å². The van der Waals surface area contributed by atoms with Crippen molar-refractivity contribution in [1.29, 1.82) is 0 Å². The van der Waals surface area contributed by atoms with Crippen LogP contribution in [-0.2, 0) is 27.9 Å². The average molecular weight is 904 g/mol. The molecular weight excluding hydrogens is 810 g/mol. The summed E-state index contributed by atoms with van der Waals surface area (Å²) >= 11 is 0. The third kappa shape index (κ3) is 50.3. The summed E-state index contributed by atoms with van der Waals surface area (Å²) in [6.45, 7) is 3.41. The van der Waals surface area contributed by atoms with E-state index in [-0.39, 0.29) is 32.1 Å². The lowest BCUT2D eigenvalue weighted by atomic mass is 10.0. The Morgan fingerprint density at radius 2 is 0.905 bits per heavy atom. The molecule has 0 aromatic heterocycles. The summed E-state index contributed by atoms with van der Waals surface area (Å²) in [6, 6.07) is 0. The van der Waals surface area contributed by atoms with E-state index in [0.29, 0.717) is 12.8 Å². The molecule has 2 atom stereocenters. The van der Waals surface area contributed by atoms with Gasteiger partial charge >= 0.3 is 13.8 Å². The first-order valence-corrected chi connectivity index (χ1v) is 26.9. The summed E-state index contributed by atoms with van der Waals surface area (Å²) in [5.41, 5.74) is 0. The zero-order chi connectivity index (χ0) is 46.0. The minimum absolute atomic E-state index is 0.0757. The Balaban J connectivity index is 3.62. The van der Waals surface area contributed by atoms with Gasteiger partial charge in [0.1, 0.15) is 12.7 Å². The molecule has 0 aromatic carbocycles. The molecule has 0 saturated carbocycles. The van der Waals surface area contributed by atoms with Crippen molar-refractivity contribution in [1.82, 2.24) is 5.32 Å². The van der Waals surface area contributed by atoms with Crippen LogP contribution in [0.5, 0.6) is 0 Å². The minimum Gasteiger partial charge on any atom is -0.463 e. The largest absolute Gasteiger partial charge is 0.472 e. The van der Waals surface area contributed by atoms with Crippen molar-refractivity contribution in [3.05, 3.63) is 72.9 Å². The van der Waals surface area contributed by atoms with Crippen LogP contribution >= 0.6 is 7.82 Å². The van der Waals surface area contributed by atoms with Gasteiger partial charge < -0.3 is 20.1 Å².